The Morgan fingerprint density at radius 1 is 1.12 bits per heavy atom. The molecule has 0 spiro atoms. The third-order valence-electron chi connectivity index (χ3n) is 3.05. The normalized spacial score (nSPS) is 10.6. The van der Waals surface area contributed by atoms with Gasteiger partial charge in [0.25, 0.3) is 0 Å². The van der Waals surface area contributed by atoms with E-state index < -0.39 is 11.7 Å². The number of aromatic nitrogens is 4. The molecule has 0 radical (unpaired) electrons. The van der Waals surface area contributed by atoms with E-state index in [9.17, 15) is 9.18 Å². The van der Waals surface area contributed by atoms with E-state index in [1.807, 2.05) is 0 Å². The second-order valence-electron chi connectivity index (χ2n) is 4.82. The van der Waals surface area contributed by atoms with Crippen molar-refractivity contribution < 1.29 is 9.18 Å². The number of rotatable bonds is 4. The summed E-state index contributed by atoms with van der Waals surface area (Å²) in [7, 11) is 0. The Kier molecular flexibility index (Phi) is 4.73. The number of nitrogens with zero attached hydrogens (tertiary/aromatic N) is 4. The van der Waals surface area contributed by atoms with Crippen LogP contribution in [0.2, 0.25) is 10.0 Å². The molecule has 0 fully saturated rings. The van der Waals surface area contributed by atoms with Crippen LogP contribution in [0.5, 0.6) is 0 Å². The van der Waals surface area contributed by atoms with Crippen molar-refractivity contribution in [3.8, 4) is 11.4 Å². The first-order chi connectivity index (χ1) is 11.5. The lowest BCUT2D eigenvalue weighted by Crippen LogP contribution is -2.21. The maximum absolute atomic E-state index is 13.6. The summed E-state index contributed by atoms with van der Waals surface area (Å²) in [5.74, 6) is -0.752. The van der Waals surface area contributed by atoms with Crippen LogP contribution < -0.4 is 5.32 Å². The zero-order chi connectivity index (χ0) is 17.1. The number of tetrazole rings is 1. The molecular weight excluding hydrogens is 356 g/mol. The summed E-state index contributed by atoms with van der Waals surface area (Å²) in [5.41, 5.74) is 0.747. The number of hydrogen-bond donors (Lipinski definition) is 1. The van der Waals surface area contributed by atoms with Crippen LogP contribution in [0.15, 0.2) is 42.5 Å². The fourth-order valence-corrected chi connectivity index (χ4v) is 2.22. The molecule has 3 aromatic rings. The molecule has 3 rings (SSSR count). The van der Waals surface area contributed by atoms with E-state index in [0.717, 1.165) is 16.4 Å². The van der Waals surface area contributed by atoms with Crippen LogP contribution >= 0.6 is 23.2 Å². The number of anilines is 1. The highest BCUT2D eigenvalue weighted by atomic mass is 35.5. The second kappa shape index (κ2) is 6.94. The SMILES string of the molecule is O=C(Cn1nnc(-c2ccc(Cl)cc2)n1)Nc1ccc(Cl)cc1F. The van der Waals surface area contributed by atoms with Gasteiger partial charge in [-0.15, -0.1) is 10.2 Å². The predicted molar refractivity (Wildman–Crippen MR) is 88.3 cm³/mol. The molecule has 122 valence electrons. The lowest BCUT2D eigenvalue weighted by molar-refractivity contribution is -0.117. The summed E-state index contributed by atoms with van der Waals surface area (Å²) < 4.78 is 13.6. The molecule has 2 aromatic carbocycles. The summed E-state index contributed by atoms with van der Waals surface area (Å²) in [4.78, 5) is 13.1. The number of carbonyl (C=O) groups is 1. The van der Waals surface area contributed by atoms with E-state index in [1.54, 1.807) is 24.3 Å². The molecule has 0 saturated heterocycles. The van der Waals surface area contributed by atoms with Gasteiger partial charge in [-0.05, 0) is 47.7 Å². The minimum absolute atomic E-state index is 0.0300. The minimum Gasteiger partial charge on any atom is -0.322 e. The van der Waals surface area contributed by atoms with E-state index in [2.05, 4.69) is 20.7 Å². The molecule has 0 aliphatic heterocycles. The Hall–Kier alpha value is -2.51. The molecule has 0 atom stereocenters. The Morgan fingerprint density at radius 3 is 2.54 bits per heavy atom. The zero-order valence-corrected chi connectivity index (χ0v) is 13.6. The van der Waals surface area contributed by atoms with Crippen molar-refractivity contribution in [2.24, 2.45) is 0 Å². The van der Waals surface area contributed by atoms with Crippen molar-refractivity contribution >= 4 is 34.8 Å². The monoisotopic (exact) mass is 365 g/mol. The van der Waals surface area contributed by atoms with Gasteiger partial charge in [0.05, 0.1) is 5.69 Å². The Labute approximate surface area is 146 Å². The highest BCUT2D eigenvalue weighted by molar-refractivity contribution is 6.30. The van der Waals surface area contributed by atoms with Crippen LogP contribution in [0.3, 0.4) is 0 Å². The molecule has 6 nitrogen and oxygen atoms in total. The van der Waals surface area contributed by atoms with Crippen LogP contribution in [-0.4, -0.2) is 26.1 Å². The van der Waals surface area contributed by atoms with Gasteiger partial charge in [0.2, 0.25) is 11.7 Å². The first-order valence-corrected chi connectivity index (χ1v) is 7.55. The standard InChI is InChI=1S/C15H10Cl2FN5O/c16-10-3-1-9(2-4-10)15-20-22-23(21-15)8-14(24)19-13-6-5-11(17)7-12(13)18/h1-7H,8H2,(H,19,24). The summed E-state index contributed by atoms with van der Waals surface area (Å²) in [6, 6.07) is 10.9. The fraction of sp³-hybridized carbons (Fsp3) is 0.0667. The molecule has 0 bridgehead atoms. The molecule has 1 N–H and O–H groups in total. The topological polar surface area (TPSA) is 72.7 Å². The number of hydrogen-bond acceptors (Lipinski definition) is 4. The molecule has 0 aliphatic rings. The van der Waals surface area contributed by atoms with E-state index in [0.29, 0.717) is 10.8 Å². The van der Waals surface area contributed by atoms with Gasteiger partial charge in [-0.3, -0.25) is 4.79 Å². The Balaban J connectivity index is 1.68. The highest BCUT2D eigenvalue weighted by Gasteiger charge is 2.11. The second-order valence-corrected chi connectivity index (χ2v) is 5.70. The van der Waals surface area contributed by atoms with Gasteiger partial charge < -0.3 is 5.32 Å². The van der Waals surface area contributed by atoms with E-state index in [1.165, 1.54) is 12.1 Å². The smallest absolute Gasteiger partial charge is 0.248 e. The van der Waals surface area contributed by atoms with Crippen molar-refractivity contribution in [2.45, 2.75) is 6.54 Å². The predicted octanol–water partition coefficient (Wildman–Crippen LogP) is 3.42. The van der Waals surface area contributed by atoms with Gasteiger partial charge in [0, 0.05) is 15.6 Å². The third kappa shape index (κ3) is 3.87. The third-order valence-corrected chi connectivity index (χ3v) is 3.53. The number of halogens is 3. The average Bonchev–Trinajstić information content (AvgIpc) is 2.99. The van der Waals surface area contributed by atoms with E-state index in [4.69, 9.17) is 23.2 Å². The first-order valence-electron chi connectivity index (χ1n) is 6.80. The summed E-state index contributed by atoms with van der Waals surface area (Å²) in [6.07, 6.45) is 0. The molecular formula is C15H10Cl2FN5O. The molecule has 1 heterocycles. The van der Waals surface area contributed by atoms with Crippen molar-refractivity contribution in [3.05, 3.63) is 58.3 Å². The lowest BCUT2D eigenvalue weighted by Gasteiger charge is -2.05. The molecule has 0 aliphatic carbocycles. The number of nitrogens with one attached hydrogen (secondary N) is 1. The van der Waals surface area contributed by atoms with Crippen LogP contribution in [0.25, 0.3) is 11.4 Å². The minimum atomic E-state index is -0.621. The van der Waals surface area contributed by atoms with Gasteiger partial charge in [0.1, 0.15) is 12.4 Å². The summed E-state index contributed by atoms with van der Waals surface area (Å²) in [5, 5.41) is 15.0. The molecule has 9 heteroatoms. The lowest BCUT2D eigenvalue weighted by atomic mass is 10.2. The molecule has 0 unspecified atom stereocenters. The fourth-order valence-electron chi connectivity index (χ4n) is 1.93. The van der Waals surface area contributed by atoms with Crippen LogP contribution in [-0.2, 0) is 11.3 Å². The van der Waals surface area contributed by atoms with Crippen LogP contribution in [0, 0.1) is 5.82 Å². The highest BCUT2D eigenvalue weighted by Crippen LogP contribution is 2.19. The molecule has 0 saturated carbocycles. The average molecular weight is 366 g/mol. The zero-order valence-electron chi connectivity index (χ0n) is 12.1. The quantitative estimate of drug-likeness (QED) is 0.768. The van der Waals surface area contributed by atoms with Gasteiger partial charge >= 0.3 is 0 Å². The van der Waals surface area contributed by atoms with Gasteiger partial charge in [-0.25, -0.2) is 4.39 Å². The Bertz CT molecular complexity index is 882. The number of carbonyl (C=O) groups excluding carboxylic acids is 1. The van der Waals surface area contributed by atoms with Gasteiger partial charge in [-0.1, -0.05) is 23.2 Å². The van der Waals surface area contributed by atoms with E-state index in [-0.39, 0.29) is 17.3 Å². The van der Waals surface area contributed by atoms with Crippen molar-refractivity contribution in [1.29, 1.82) is 0 Å². The van der Waals surface area contributed by atoms with E-state index >= 15 is 0 Å². The maximum Gasteiger partial charge on any atom is 0.248 e. The summed E-state index contributed by atoms with van der Waals surface area (Å²) in [6.45, 7) is -0.206. The largest absolute Gasteiger partial charge is 0.322 e. The first kappa shape index (κ1) is 16.4. The molecule has 24 heavy (non-hydrogen) atoms. The molecule has 1 amide bonds. The Morgan fingerprint density at radius 2 is 1.83 bits per heavy atom. The van der Waals surface area contributed by atoms with Crippen molar-refractivity contribution in [3.63, 3.8) is 0 Å². The van der Waals surface area contributed by atoms with Gasteiger partial charge in [0.15, 0.2) is 0 Å². The number of amides is 1. The van der Waals surface area contributed by atoms with Crippen LogP contribution in [0.4, 0.5) is 10.1 Å². The van der Waals surface area contributed by atoms with Crippen molar-refractivity contribution in [1.82, 2.24) is 20.2 Å². The van der Waals surface area contributed by atoms with Crippen LogP contribution in [0.1, 0.15) is 0 Å². The van der Waals surface area contributed by atoms with Crippen molar-refractivity contribution in [2.75, 3.05) is 5.32 Å². The number of benzene rings is 2. The maximum atomic E-state index is 13.6. The molecule has 1 aromatic heterocycles. The summed E-state index contributed by atoms with van der Waals surface area (Å²) >= 11 is 11.5. The van der Waals surface area contributed by atoms with Gasteiger partial charge in [-0.2, -0.15) is 4.80 Å².